The first-order valence-electron chi connectivity index (χ1n) is 6.12. The van der Waals surface area contributed by atoms with E-state index in [0.29, 0.717) is 12.0 Å². The van der Waals surface area contributed by atoms with Gasteiger partial charge in [0.1, 0.15) is 0 Å². The van der Waals surface area contributed by atoms with Crippen LogP contribution in [0.3, 0.4) is 0 Å². The van der Waals surface area contributed by atoms with E-state index in [4.69, 9.17) is 0 Å². The summed E-state index contributed by atoms with van der Waals surface area (Å²) >= 11 is 2.17. The monoisotopic (exact) mass is 378 g/mol. The summed E-state index contributed by atoms with van der Waals surface area (Å²) in [6, 6.07) is 12.9. The van der Waals surface area contributed by atoms with E-state index in [1.54, 1.807) is 12.1 Å². The number of fused-ring (bicyclic) bond motifs is 1. The number of carbonyl (C=O) groups is 2. The van der Waals surface area contributed by atoms with E-state index < -0.39 is 0 Å². The molecule has 0 bridgehead atoms. The number of halogens is 1. The van der Waals surface area contributed by atoms with Crippen LogP contribution < -0.4 is 10.6 Å². The van der Waals surface area contributed by atoms with Gasteiger partial charge < -0.3 is 10.6 Å². The molecule has 0 saturated carbocycles. The minimum Gasteiger partial charge on any atom is -0.326 e. The van der Waals surface area contributed by atoms with Gasteiger partial charge in [-0.1, -0.05) is 18.2 Å². The van der Waals surface area contributed by atoms with Gasteiger partial charge in [-0.2, -0.15) is 0 Å². The fraction of sp³-hybridized carbons (Fsp3) is 0.0667. The number of benzene rings is 2. The fourth-order valence-corrected chi connectivity index (χ4v) is 2.63. The van der Waals surface area contributed by atoms with Crippen LogP contribution in [0.2, 0.25) is 0 Å². The molecule has 1 heterocycles. The summed E-state index contributed by atoms with van der Waals surface area (Å²) in [5.41, 5.74) is 2.97. The molecule has 0 saturated heterocycles. The standard InChI is InChI=1S/C15H11IN2O2/c16-11-3-1-2-4-12(11)18-15(20)10-6-5-9-8-14(19)17-13(9)7-10/h1-7H,8H2,(H,17,19)(H,18,20). The number of carbonyl (C=O) groups excluding carboxylic acids is 2. The summed E-state index contributed by atoms with van der Waals surface area (Å²) in [5, 5.41) is 5.62. The second kappa shape index (κ2) is 5.24. The molecule has 2 N–H and O–H groups in total. The third-order valence-corrected chi connectivity index (χ3v) is 4.06. The summed E-state index contributed by atoms with van der Waals surface area (Å²) in [6.45, 7) is 0. The lowest BCUT2D eigenvalue weighted by Gasteiger charge is -2.08. The van der Waals surface area contributed by atoms with Crippen LogP contribution in [-0.4, -0.2) is 11.8 Å². The predicted molar refractivity (Wildman–Crippen MR) is 85.9 cm³/mol. The van der Waals surface area contributed by atoms with Crippen LogP contribution in [0.1, 0.15) is 15.9 Å². The van der Waals surface area contributed by atoms with Crippen LogP contribution in [0.5, 0.6) is 0 Å². The Kier molecular flexibility index (Phi) is 3.43. The first-order chi connectivity index (χ1) is 9.63. The molecule has 5 heteroatoms. The van der Waals surface area contributed by atoms with E-state index in [1.165, 1.54) is 0 Å². The molecule has 20 heavy (non-hydrogen) atoms. The Bertz CT molecular complexity index is 713. The van der Waals surface area contributed by atoms with Gasteiger partial charge >= 0.3 is 0 Å². The Labute approximate surface area is 129 Å². The number of para-hydroxylation sites is 1. The topological polar surface area (TPSA) is 58.2 Å². The molecule has 0 aromatic heterocycles. The maximum absolute atomic E-state index is 12.2. The van der Waals surface area contributed by atoms with Crippen LogP contribution in [0.4, 0.5) is 11.4 Å². The van der Waals surface area contributed by atoms with E-state index >= 15 is 0 Å². The van der Waals surface area contributed by atoms with Crippen molar-refractivity contribution in [1.82, 2.24) is 0 Å². The van der Waals surface area contributed by atoms with E-state index in [0.717, 1.165) is 20.5 Å². The van der Waals surface area contributed by atoms with Crippen molar-refractivity contribution in [2.75, 3.05) is 10.6 Å². The zero-order chi connectivity index (χ0) is 14.1. The van der Waals surface area contributed by atoms with Crippen molar-refractivity contribution in [2.24, 2.45) is 0 Å². The van der Waals surface area contributed by atoms with Crippen molar-refractivity contribution in [2.45, 2.75) is 6.42 Å². The minimum absolute atomic E-state index is 0.0323. The van der Waals surface area contributed by atoms with Gasteiger partial charge in [0.2, 0.25) is 5.91 Å². The lowest BCUT2D eigenvalue weighted by molar-refractivity contribution is -0.115. The van der Waals surface area contributed by atoms with Crippen LogP contribution in [0.15, 0.2) is 42.5 Å². The molecule has 0 fully saturated rings. The zero-order valence-electron chi connectivity index (χ0n) is 10.4. The van der Waals surface area contributed by atoms with Crippen LogP contribution in [0, 0.1) is 3.57 Å². The molecule has 2 amide bonds. The molecule has 2 aromatic carbocycles. The van der Waals surface area contributed by atoms with Crippen LogP contribution in [-0.2, 0) is 11.2 Å². The molecular formula is C15H11IN2O2. The third kappa shape index (κ3) is 2.53. The van der Waals surface area contributed by atoms with Crippen LogP contribution in [0.25, 0.3) is 0 Å². The minimum atomic E-state index is -0.182. The molecule has 4 nitrogen and oxygen atoms in total. The van der Waals surface area contributed by atoms with E-state index in [2.05, 4.69) is 33.2 Å². The van der Waals surface area contributed by atoms with Crippen LogP contribution >= 0.6 is 22.6 Å². The smallest absolute Gasteiger partial charge is 0.255 e. The molecule has 1 aliphatic heterocycles. The summed E-state index contributed by atoms with van der Waals surface area (Å²) < 4.78 is 0.980. The van der Waals surface area contributed by atoms with Gasteiger partial charge in [-0.25, -0.2) is 0 Å². The van der Waals surface area contributed by atoms with Gasteiger partial charge in [-0.3, -0.25) is 9.59 Å². The molecule has 100 valence electrons. The van der Waals surface area contributed by atoms with Gasteiger partial charge in [0.25, 0.3) is 5.91 Å². The normalized spacial score (nSPS) is 12.8. The van der Waals surface area contributed by atoms with Crippen molar-refractivity contribution in [3.63, 3.8) is 0 Å². The summed E-state index contributed by atoms with van der Waals surface area (Å²) in [6.07, 6.45) is 0.383. The number of rotatable bonds is 2. The number of hydrogen-bond donors (Lipinski definition) is 2. The zero-order valence-corrected chi connectivity index (χ0v) is 12.6. The van der Waals surface area contributed by atoms with Gasteiger partial charge in [-0.15, -0.1) is 0 Å². The molecule has 2 aromatic rings. The third-order valence-electron chi connectivity index (χ3n) is 3.12. The second-order valence-corrected chi connectivity index (χ2v) is 5.69. The Morgan fingerprint density at radius 1 is 1.20 bits per heavy atom. The Morgan fingerprint density at radius 2 is 2.00 bits per heavy atom. The number of amides is 2. The molecular weight excluding hydrogens is 367 g/mol. The lowest BCUT2D eigenvalue weighted by atomic mass is 10.1. The Morgan fingerprint density at radius 3 is 2.80 bits per heavy atom. The number of anilines is 2. The molecule has 3 rings (SSSR count). The quantitative estimate of drug-likeness (QED) is 0.790. The van der Waals surface area contributed by atoms with Crippen molar-refractivity contribution in [3.8, 4) is 0 Å². The van der Waals surface area contributed by atoms with E-state index in [1.807, 2.05) is 30.3 Å². The molecule has 0 radical (unpaired) electrons. The van der Waals surface area contributed by atoms with Gasteiger partial charge in [0.15, 0.2) is 0 Å². The Balaban J connectivity index is 1.84. The summed E-state index contributed by atoms with van der Waals surface area (Å²) in [7, 11) is 0. The van der Waals surface area contributed by atoms with Crippen molar-refractivity contribution in [3.05, 3.63) is 57.2 Å². The van der Waals surface area contributed by atoms with E-state index in [9.17, 15) is 9.59 Å². The largest absolute Gasteiger partial charge is 0.326 e. The van der Waals surface area contributed by atoms with E-state index in [-0.39, 0.29) is 11.8 Å². The SMILES string of the molecule is O=C1Cc2ccc(C(=O)Nc3ccccc3I)cc2N1. The van der Waals surface area contributed by atoms with Crippen molar-refractivity contribution < 1.29 is 9.59 Å². The molecule has 0 aliphatic carbocycles. The van der Waals surface area contributed by atoms with Gasteiger partial charge in [0, 0.05) is 14.8 Å². The van der Waals surface area contributed by atoms with Crippen molar-refractivity contribution in [1.29, 1.82) is 0 Å². The molecule has 0 atom stereocenters. The number of nitrogens with one attached hydrogen (secondary N) is 2. The second-order valence-electron chi connectivity index (χ2n) is 4.53. The first-order valence-corrected chi connectivity index (χ1v) is 7.20. The average molecular weight is 378 g/mol. The highest BCUT2D eigenvalue weighted by atomic mass is 127. The average Bonchev–Trinajstić information content (AvgIpc) is 2.80. The first kappa shape index (κ1) is 13.1. The number of hydrogen-bond acceptors (Lipinski definition) is 2. The lowest BCUT2D eigenvalue weighted by Crippen LogP contribution is -2.13. The summed E-state index contributed by atoms with van der Waals surface area (Å²) in [5.74, 6) is -0.215. The predicted octanol–water partition coefficient (Wildman–Crippen LogP) is 3.04. The molecule has 0 unspecified atom stereocenters. The van der Waals surface area contributed by atoms with Crippen molar-refractivity contribution >= 4 is 45.8 Å². The fourth-order valence-electron chi connectivity index (χ4n) is 2.11. The highest BCUT2D eigenvalue weighted by molar-refractivity contribution is 14.1. The maximum Gasteiger partial charge on any atom is 0.255 e. The maximum atomic E-state index is 12.2. The van der Waals surface area contributed by atoms with Gasteiger partial charge in [0.05, 0.1) is 12.1 Å². The Hall–Kier alpha value is -1.89. The highest BCUT2D eigenvalue weighted by Gasteiger charge is 2.19. The molecule has 0 spiro atoms. The highest BCUT2D eigenvalue weighted by Crippen LogP contribution is 2.25. The summed E-state index contributed by atoms with van der Waals surface area (Å²) in [4.78, 5) is 23.5. The van der Waals surface area contributed by atoms with Gasteiger partial charge in [-0.05, 0) is 52.4 Å². The molecule has 1 aliphatic rings.